The molecule has 1 aromatic carbocycles. The zero-order valence-electron chi connectivity index (χ0n) is 14.4. The summed E-state index contributed by atoms with van der Waals surface area (Å²) in [4.78, 5) is 20.6. The molecule has 1 fully saturated rings. The number of amides is 2. The molecule has 25 heavy (non-hydrogen) atoms. The van der Waals surface area contributed by atoms with Crippen LogP contribution in [0.2, 0.25) is 0 Å². The highest BCUT2D eigenvalue weighted by Gasteiger charge is 2.34. The average molecular weight is 344 g/mol. The third-order valence-corrected chi connectivity index (χ3v) is 5.02. The highest BCUT2D eigenvalue weighted by atomic mass is 19.1. The number of aromatic nitrogens is 1. The van der Waals surface area contributed by atoms with Crippen LogP contribution in [-0.4, -0.2) is 35.0 Å². The first-order chi connectivity index (χ1) is 12.0. The van der Waals surface area contributed by atoms with Gasteiger partial charge in [-0.05, 0) is 31.4 Å². The summed E-state index contributed by atoms with van der Waals surface area (Å²) in [6.45, 7) is 5.60. The average Bonchev–Trinajstić information content (AvgIpc) is 2.93. The van der Waals surface area contributed by atoms with Gasteiger partial charge in [-0.3, -0.25) is 5.32 Å². The number of halogens is 1. The first-order valence-corrected chi connectivity index (χ1v) is 8.57. The number of anilines is 2. The minimum Gasteiger partial charge on any atom is -0.425 e. The van der Waals surface area contributed by atoms with Crippen molar-refractivity contribution in [2.45, 2.75) is 39.3 Å². The van der Waals surface area contributed by atoms with Gasteiger partial charge < -0.3 is 14.2 Å². The van der Waals surface area contributed by atoms with Gasteiger partial charge in [0.05, 0.1) is 12.2 Å². The number of piperidine rings is 1. The first-order valence-electron chi connectivity index (χ1n) is 8.57. The van der Waals surface area contributed by atoms with Gasteiger partial charge in [0.2, 0.25) is 5.88 Å². The number of fused-ring (bicyclic) bond motifs is 1. The second-order valence-electron chi connectivity index (χ2n) is 6.69. The zero-order chi connectivity index (χ0) is 17.6. The summed E-state index contributed by atoms with van der Waals surface area (Å²) >= 11 is 0. The minimum atomic E-state index is -0.183. The summed E-state index contributed by atoms with van der Waals surface area (Å²) in [5, 5.41) is 2.77. The third-order valence-electron chi connectivity index (χ3n) is 5.02. The highest BCUT2D eigenvalue weighted by molar-refractivity contribution is 5.90. The first kappa shape index (κ1) is 15.9. The maximum absolute atomic E-state index is 14.2. The van der Waals surface area contributed by atoms with Crippen molar-refractivity contribution in [1.29, 1.82) is 0 Å². The topological polar surface area (TPSA) is 61.6 Å². The zero-order valence-corrected chi connectivity index (χ0v) is 14.4. The van der Waals surface area contributed by atoms with Crippen LogP contribution in [0.4, 0.5) is 20.8 Å². The Morgan fingerprint density at radius 3 is 2.76 bits per heavy atom. The van der Waals surface area contributed by atoms with E-state index in [9.17, 15) is 9.18 Å². The Balaban J connectivity index is 1.46. The van der Waals surface area contributed by atoms with Crippen LogP contribution in [0.15, 0.2) is 22.6 Å². The van der Waals surface area contributed by atoms with E-state index < -0.39 is 0 Å². The van der Waals surface area contributed by atoms with Crippen molar-refractivity contribution >= 4 is 17.6 Å². The van der Waals surface area contributed by atoms with Crippen LogP contribution in [0.3, 0.4) is 0 Å². The van der Waals surface area contributed by atoms with Crippen LogP contribution < -0.4 is 10.2 Å². The molecule has 0 bridgehead atoms. The van der Waals surface area contributed by atoms with Gasteiger partial charge in [-0.2, -0.15) is 0 Å². The summed E-state index contributed by atoms with van der Waals surface area (Å²) in [5.41, 5.74) is 2.39. The number of hydrogen-bond acceptors (Lipinski definition) is 4. The molecule has 2 aliphatic heterocycles. The molecule has 0 aliphatic carbocycles. The molecule has 0 atom stereocenters. The molecule has 0 radical (unpaired) electrons. The molecule has 4 rings (SSSR count). The Kier molecular flexibility index (Phi) is 3.86. The molecule has 2 amide bonds. The van der Waals surface area contributed by atoms with E-state index in [1.165, 1.54) is 6.07 Å². The number of carbonyl (C=O) groups excluding carboxylic acids is 1. The number of urea groups is 1. The predicted octanol–water partition coefficient (Wildman–Crippen LogP) is 3.45. The van der Waals surface area contributed by atoms with Gasteiger partial charge in [0.15, 0.2) is 5.89 Å². The van der Waals surface area contributed by atoms with E-state index in [1.54, 1.807) is 13.0 Å². The monoisotopic (exact) mass is 344 g/mol. The van der Waals surface area contributed by atoms with Crippen molar-refractivity contribution in [1.82, 2.24) is 9.88 Å². The van der Waals surface area contributed by atoms with E-state index >= 15 is 0 Å². The van der Waals surface area contributed by atoms with Crippen molar-refractivity contribution in [3.63, 3.8) is 0 Å². The van der Waals surface area contributed by atoms with Gasteiger partial charge in [-0.1, -0.05) is 12.1 Å². The molecular formula is C18H21FN4O2. The van der Waals surface area contributed by atoms with E-state index in [4.69, 9.17) is 4.42 Å². The molecule has 2 aromatic rings. The van der Waals surface area contributed by atoms with Gasteiger partial charge in [-0.15, -0.1) is 0 Å². The molecule has 7 heteroatoms. The molecule has 2 aliphatic rings. The normalized spacial score (nSPS) is 18.3. The molecule has 6 nitrogen and oxygen atoms in total. The summed E-state index contributed by atoms with van der Waals surface area (Å²) in [6.07, 6.45) is 1.60. The Bertz CT molecular complexity index is 791. The predicted molar refractivity (Wildman–Crippen MR) is 92.2 cm³/mol. The van der Waals surface area contributed by atoms with Crippen LogP contribution in [0.5, 0.6) is 0 Å². The van der Waals surface area contributed by atoms with Crippen LogP contribution in [0.1, 0.15) is 30.0 Å². The Morgan fingerprint density at radius 1 is 1.28 bits per heavy atom. The van der Waals surface area contributed by atoms with E-state index in [2.05, 4.69) is 15.2 Å². The van der Waals surface area contributed by atoms with Gasteiger partial charge in [-0.25, -0.2) is 14.2 Å². The smallest absolute Gasteiger partial charge is 0.324 e. The van der Waals surface area contributed by atoms with Gasteiger partial charge in [0.1, 0.15) is 11.5 Å². The van der Waals surface area contributed by atoms with E-state index in [-0.39, 0.29) is 17.9 Å². The molecule has 1 N–H and O–H groups in total. The fourth-order valence-corrected chi connectivity index (χ4v) is 3.80. The van der Waals surface area contributed by atoms with Gasteiger partial charge in [0.25, 0.3) is 0 Å². The second-order valence-corrected chi connectivity index (χ2v) is 6.69. The summed E-state index contributed by atoms with van der Waals surface area (Å²) < 4.78 is 19.6. The van der Waals surface area contributed by atoms with Crippen molar-refractivity contribution in [2.24, 2.45) is 0 Å². The number of benzene rings is 1. The number of rotatable bonds is 2. The Hall–Kier alpha value is -2.57. The maximum atomic E-state index is 14.2. The van der Waals surface area contributed by atoms with Gasteiger partial charge >= 0.3 is 6.03 Å². The number of nitrogens with zero attached hydrogens (tertiary/aromatic N) is 3. The number of oxazole rings is 1. The number of nitrogens with one attached hydrogen (secondary N) is 1. The van der Waals surface area contributed by atoms with E-state index in [0.29, 0.717) is 24.0 Å². The molecule has 1 aromatic heterocycles. The van der Waals surface area contributed by atoms with Crippen LogP contribution in [0.25, 0.3) is 0 Å². The largest absolute Gasteiger partial charge is 0.425 e. The van der Waals surface area contributed by atoms with Crippen molar-refractivity contribution in [2.75, 3.05) is 23.3 Å². The second kappa shape index (κ2) is 6.06. The lowest BCUT2D eigenvalue weighted by atomic mass is 10.0. The number of hydrogen-bond donors (Lipinski definition) is 1. The maximum Gasteiger partial charge on any atom is 0.324 e. The Labute approximate surface area is 145 Å². The van der Waals surface area contributed by atoms with Crippen LogP contribution >= 0.6 is 0 Å². The molecule has 3 heterocycles. The minimum absolute atomic E-state index is 0.119. The molecule has 0 unspecified atom stereocenters. The summed E-state index contributed by atoms with van der Waals surface area (Å²) in [7, 11) is 0. The fraction of sp³-hybridized carbons (Fsp3) is 0.444. The Morgan fingerprint density at radius 2 is 2.04 bits per heavy atom. The van der Waals surface area contributed by atoms with Gasteiger partial charge in [0, 0.05) is 26.1 Å². The van der Waals surface area contributed by atoms with Crippen LogP contribution in [0, 0.1) is 19.7 Å². The number of para-hydroxylation sites is 1. The van der Waals surface area contributed by atoms with E-state index in [0.717, 1.165) is 37.2 Å². The van der Waals surface area contributed by atoms with E-state index in [1.807, 2.05) is 17.9 Å². The van der Waals surface area contributed by atoms with Crippen molar-refractivity contribution in [3.05, 3.63) is 41.2 Å². The third kappa shape index (κ3) is 2.83. The lowest BCUT2D eigenvalue weighted by Crippen LogP contribution is -2.50. The SMILES string of the molecule is Cc1nc2c(o1)NC(=O)N(C1CCN(c3c(C)cccc3F)CC1)C2. The van der Waals surface area contributed by atoms with Crippen molar-refractivity contribution < 1.29 is 13.6 Å². The standard InChI is InChI=1S/C18H21FN4O2/c1-11-4-3-5-14(19)16(11)22-8-6-13(7-9-22)23-10-15-17(21-18(23)24)25-12(2)20-15/h3-5,13H,6-10H2,1-2H3,(H,21,24). The summed E-state index contributed by atoms with van der Waals surface area (Å²) in [5.74, 6) is 0.826. The molecule has 1 saturated heterocycles. The summed E-state index contributed by atoms with van der Waals surface area (Å²) in [6, 6.07) is 5.13. The number of aryl methyl sites for hydroxylation is 2. The molecule has 132 valence electrons. The molecule has 0 spiro atoms. The quantitative estimate of drug-likeness (QED) is 0.906. The molecule has 0 saturated carbocycles. The van der Waals surface area contributed by atoms with Crippen molar-refractivity contribution in [3.8, 4) is 0 Å². The fourth-order valence-electron chi connectivity index (χ4n) is 3.80. The molecular weight excluding hydrogens is 323 g/mol. The van der Waals surface area contributed by atoms with Crippen LogP contribution in [-0.2, 0) is 6.54 Å². The lowest BCUT2D eigenvalue weighted by Gasteiger charge is -2.40. The highest BCUT2D eigenvalue weighted by Crippen LogP contribution is 2.31. The number of carbonyl (C=O) groups is 1. The lowest BCUT2D eigenvalue weighted by molar-refractivity contribution is 0.165.